The van der Waals surface area contributed by atoms with E-state index in [1.54, 1.807) is 0 Å². The van der Waals surface area contributed by atoms with Gasteiger partial charge in [0.15, 0.2) is 0 Å². The highest BCUT2D eigenvalue weighted by Gasteiger charge is 2.38. The number of hydrogen-bond acceptors (Lipinski definition) is 1. The molecule has 0 radical (unpaired) electrons. The Balaban J connectivity index is 1.15. The Morgan fingerprint density at radius 1 is 0.322 bits per heavy atom. The van der Waals surface area contributed by atoms with Crippen LogP contribution in [0.15, 0.2) is 200 Å². The SMILES string of the molecule is CC1(C)c2ccccc2-c2ccc(N(c3cccc(-c4cccc5c4C(C)(C)c4ccccc4-5)c3)c3ccccc3-c3cccc4cccc(-c5ccccc5)c34)cc21. The van der Waals surface area contributed by atoms with Crippen molar-refractivity contribution in [3.05, 3.63) is 222 Å². The maximum absolute atomic E-state index is 2.51. The van der Waals surface area contributed by atoms with Crippen molar-refractivity contribution in [3.8, 4) is 55.6 Å². The highest BCUT2D eigenvalue weighted by atomic mass is 15.1. The molecule has 0 amide bonds. The minimum atomic E-state index is -0.139. The highest BCUT2D eigenvalue weighted by molar-refractivity contribution is 6.09. The van der Waals surface area contributed by atoms with Crippen LogP contribution in [0.3, 0.4) is 0 Å². The lowest BCUT2D eigenvalue weighted by atomic mass is 9.79. The van der Waals surface area contributed by atoms with Crippen molar-refractivity contribution in [3.63, 3.8) is 0 Å². The largest absolute Gasteiger partial charge is 0.310 e. The Bertz CT molecular complexity index is 3110. The fourth-order valence-corrected chi connectivity index (χ4v) is 10.5. The summed E-state index contributed by atoms with van der Waals surface area (Å²) in [4.78, 5) is 2.51. The average Bonchev–Trinajstić information content (AvgIpc) is 3.66. The number of benzene rings is 9. The van der Waals surface area contributed by atoms with Gasteiger partial charge in [-0.2, -0.15) is 0 Å². The van der Waals surface area contributed by atoms with Crippen LogP contribution in [0.25, 0.3) is 66.4 Å². The van der Waals surface area contributed by atoms with Crippen LogP contribution in [0.5, 0.6) is 0 Å². The fraction of sp³-hybridized carbons (Fsp3) is 0.103. The van der Waals surface area contributed by atoms with Crippen LogP contribution in [-0.4, -0.2) is 0 Å². The lowest BCUT2D eigenvalue weighted by Crippen LogP contribution is -2.17. The Kier molecular flexibility index (Phi) is 7.94. The van der Waals surface area contributed by atoms with E-state index in [-0.39, 0.29) is 10.8 Å². The van der Waals surface area contributed by atoms with Crippen molar-refractivity contribution >= 4 is 27.8 Å². The van der Waals surface area contributed by atoms with Crippen LogP contribution in [-0.2, 0) is 10.8 Å². The molecule has 282 valence electrons. The third-order valence-electron chi connectivity index (χ3n) is 13.2. The molecule has 9 aromatic carbocycles. The topological polar surface area (TPSA) is 3.24 Å². The fourth-order valence-electron chi connectivity index (χ4n) is 10.5. The molecule has 0 aliphatic heterocycles. The molecule has 1 heteroatoms. The van der Waals surface area contributed by atoms with Gasteiger partial charge in [0.1, 0.15) is 0 Å². The molecule has 0 spiro atoms. The van der Waals surface area contributed by atoms with Gasteiger partial charge in [0, 0.05) is 27.8 Å². The first kappa shape index (κ1) is 35.2. The predicted molar refractivity (Wildman–Crippen MR) is 250 cm³/mol. The van der Waals surface area contributed by atoms with Crippen molar-refractivity contribution in [2.45, 2.75) is 38.5 Å². The van der Waals surface area contributed by atoms with Gasteiger partial charge in [-0.25, -0.2) is 0 Å². The Morgan fingerprint density at radius 3 is 1.63 bits per heavy atom. The number of para-hydroxylation sites is 1. The number of rotatable bonds is 6. The van der Waals surface area contributed by atoms with E-state index in [1.165, 1.54) is 88.7 Å². The molecule has 0 fully saturated rings. The summed E-state index contributed by atoms with van der Waals surface area (Å²) < 4.78 is 0. The number of nitrogens with zero attached hydrogens (tertiary/aromatic N) is 1. The highest BCUT2D eigenvalue weighted by Crippen LogP contribution is 2.54. The summed E-state index contributed by atoms with van der Waals surface area (Å²) >= 11 is 0. The van der Waals surface area contributed by atoms with Crippen LogP contribution in [0.1, 0.15) is 49.9 Å². The molecule has 0 unspecified atom stereocenters. The zero-order valence-corrected chi connectivity index (χ0v) is 34.0. The Hall–Kier alpha value is -6.96. The van der Waals surface area contributed by atoms with E-state index in [0.717, 1.165) is 17.1 Å². The van der Waals surface area contributed by atoms with Crippen LogP contribution < -0.4 is 4.90 Å². The zero-order chi connectivity index (χ0) is 39.9. The Morgan fingerprint density at radius 2 is 0.847 bits per heavy atom. The maximum Gasteiger partial charge on any atom is 0.0540 e. The second-order valence-corrected chi connectivity index (χ2v) is 17.3. The normalized spacial score (nSPS) is 14.0. The molecular formula is C58H45N. The van der Waals surface area contributed by atoms with Crippen molar-refractivity contribution in [2.24, 2.45) is 0 Å². The van der Waals surface area contributed by atoms with Crippen molar-refractivity contribution in [1.82, 2.24) is 0 Å². The molecule has 59 heavy (non-hydrogen) atoms. The molecule has 0 bridgehead atoms. The van der Waals surface area contributed by atoms with Gasteiger partial charge in [0.05, 0.1) is 5.69 Å². The molecule has 2 aliphatic carbocycles. The number of hydrogen-bond donors (Lipinski definition) is 0. The van der Waals surface area contributed by atoms with Crippen LogP contribution in [0.4, 0.5) is 17.1 Å². The van der Waals surface area contributed by atoms with Crippen molar-refractivity contribution in [1.29, 1.82) is 0 Å². The molecule has 0 heterocycles. The van der Waals surface area contributed by atoms with E-state index in [1.807, 2.05) is 0 Å². The van der Waals surface area contributed by atoms with Gasteiger partial charge in [-0.3, -0.25) is 0 Å². The van der Waals surface area contributed by atoms with Crippen molar-refractivity contribution in [2.75, 3.05) is 4.90 Å². The summed E-state index contributed by atoms with van der Waals surface area (Å²) in [5.41, 5.74) is 21.3. The number of fused-ring (bicyclic) bond motifs is 7. The lowest BCUT2D eigenvalue weighted by molar-refractivity contribution is 0.660. The smallest absolute Gasteiger partial charge is 0.0540 e. The van der Waals surface area contributed by atoms with Gasteiger partial charge in [0.2, 0.25) is 0 Å². The van der Waals surface area contributed by atoms with Crippen LogP contribution in [0.2, 0.25) is 0 Å². The first-order chi connectivity index (χ1) is 28.8. The molecule has 11 rings (SSSR count). The van der Waals surface area contributed by atoms with Gasteiger partial charge in [-0.05, 0) is 113 Å². The molecule has 0 aromatic heterocycles. The first-order valence-electron chi connectivity index (χ1n) is 20.9. The molecule has 0 N–H and O–H groups in total. The monoisotopic (exact) mass is 755 g/mol. The molecule has 0 atom stereocenters. The average molecular weight is 756 g/mol. The van der Waals surface area contributed by atoms with Crippen molar-refractivity contribution < 1.29 is 0 Å². The lowest BCUT2D eigenvalue weighted by Gasteiger charge is -2.31. The molecule has 9 aromatic rings. The van der Waals surface area contributed by atoms with Gasteiger partial charge in [-0.15, -0.1) is 0 Å². The quantitative estimate of drug-likeness (QED) is 0.163. The van der Waals surface area contributed by atoms with E-state index in [0.29, 0.717) is 0 Å². The second kappa shape index (κ2) is 13.3. The summed E-state index contributed by atoms with van der Waals surface area (Å²) in [5, 5.41) is 2.49. The first-order valence-corrected chi connectivity index (χ1v) is 20.9. The summed E-state index contributed by atoms with van der Waals surface area (Å²) in [6, 6.07) is 74.3. The third-order valence-corrected chi connectivity index (χ3v) is 13.2. The van der Waals surface area contributed by atoms with E-state index < -0.39 is 0 Å². The minimum Gasteiger partial charge on any atom is -0.310 e. The van der Waals surface area contributed by atoms with Crippen LogP contribution in [0, 0.1) is 0 Å². The molecule has 0 saturated heterocycles. The number of anilines is 3. The molecular weight excluding hydrogens is 711 g/mol. The van der Waals surface area contributed by atoms with E-state index in [4.69, 9.17) is 0 Å². The molecule has 2 aliphatic rings. The predicted octanol–water partition coefficient (Wildman–Crippen LogP) is 15.9. The van der Waals surface area contributed by atoms with Gasteiger partial charge < -0.3 is 4.90 Å². The Labute approximate surface area is 347 Å². The molecule has 1 nitrogen and oxygen atoms in total. The minimum absolute atomic E-state index is 0.129. The van der Waals surface area contributed by atoms with E-state index >= 15 is 0 Å². The van der Waals surface area contributed by atoms with Gasteiger partial charge >= 0.3 is 0 Å². The second-order valence-electron chi connectivity index (χ2n) is 17.3. The summed E-state index contributed by atoms with van der Waals surface area (Å²) in [5.74, 6) is 0. The van der Waals surface area contributed by atoms with Crippen LogP contribution >= 0.6 is 0 Å². The zero-order valence-electron chi connectivity index (χ0n) is 34.0. The summed E-state index contributed by atoms with van der Waals surface area (Å²) in [6.07, 6.45) is 0. The van der Waals surface area contributed by atoms with E-state index in [2.05, 4.69) is 233 Å². The molecule has 0 saturated carbocycles. The van der Waals surface area contributed by atoms with E-state index in [9.17, 15) is 0 Å². The summed E-state index contributed by atoms with van der Waals surface area (Å²) in [6.45, 7) is 9.51. The summed E-state index contributed by atoms with van der Waals surface area (Å²) in [7, 11) is 0. The van der Waals surface area contributed by atoms with Gasteiger partial charge in [-0.1, -0.05) is 198 Å². The maximum atomic E-state index is 2.51. The standard InChI is InChI=1S/C58H45N/c1-57(2)51-31-11-8-24-45(51)47-35-34-42(37-53(47)57)59(41-23-14-22-40(36-41)44-28-17-30-50-46-25-9-12-32-52(46)58(3,4)56(44)50)54-33-13-10-26-48(54)49-29-16-21-39-20-15-27-43(55(39)49)38-18-6-5-7-19-38/h5-37H,1-4H3. The third kappa shape index (κ3) is 5.38. The van der Waals surface area contributed by atoms with Gasteiger partial charge in [0.25, 0.3) is 0 Å².